The highest BCUT2D eigenvalue weighted by Crippen LogP contribution is 2.29. The molecule has 0 spiro atoms. The standard InChI is InChI=1S/C12H22N2O2/c1-14(8-9-2-3-9)12(16)13-10-4-6-11(15)7-5-10/h9-11,15H,2-8H2,1H3,(H,13,16). The van der Waals surface area contributed by atoms with Crippen LogP contribution < -0.4 is 5.32 Å². The molecule has 0 aliphatic heterocycles. The molecule has 0 unspecified atom stereocenters. The first-order valence-electron chi connectivity index (χ1n) is 6.35. The maximum absolute atomic E-state index is 11.8. The van der Waals surface area contributed by atoms with Crippen LogP contribution in [0, 0.1) is 5.92 Å². The van der Waals surface area contributed by atoms with Gasteiger partial charge in [0.1, 0.15) is 0 Å². The van der Waals surface area contributed by atoms with E-state index in [1.165, 1.54) is 12.8 Å². The summed E-state index contributed by atoms with van der Waals surface area (Å²) in [6, 6.07) is 0.311. The first-order chi connectivity index (χ1) is 7.65. The molecule has 0 bridgehead atoms. The van der Waals surface area contributed by atoms with Gasteiger partial charge in [-0.15, -0.1) is 0 Å². The molecule has 0 heterocycles. The monoisotopic (exact) mass is 226 g/mol. The van der Waals surface area contributed by atoms with Crippen molar-refractivity contribution in [3.63, 3.8) is 0 Å². The van der Waals surface area contributed by atoms with Gasteiger partial charge in [-0.25, -0.2) is 4.79 Å². The third-order valence-corrected chi connectivity index (χ3v) is 3.60. The molecule has 0 atom stereocenters. The van der Waals surface area contributed by atoms with Crippen molar-refractivity contribution in [2.75, 3.05) is 13.6 Å². The van der Waals surface area contributed by atoms with Gasteiger partial charge in [0, 0.05) is 19.6 Å². The predicted octanol–water partition coefficient (Wildman–Crippen LogP) is 1.34. The number of amides is 2. The molecule has 2 fully saturated rings. The normalized spacial score (nSPS) is 29.9. The molecular weight excluding hydrogens is 204 g/mol. The van der Waals surface area contributed by atoms with Gasteiger partial charge in [-0.3, -0.25) is 0 Å². The van der Waals surface area contributed by atoms with Gasteiger partial charge >= 0.3 is 6.03 Å². The van der Waals surface area contributed by atoms with Gasteiger partial charge in [0.05, 0.1) is 6.10 Å². The number of urea groups is 1. The van der Waals surface area contributed by atoms with E-state index in [0.717, 1.165) is 38.1 Å². The summed E-state index contributed by atoms with van der Waals surface area (Å²) < 4.78 is 0. The van der Waals surface area contributed by atoms with Crippen molar-refractivity contribution in [1.82, 2.24) is 10.2 Å². The number of aliphatic hydroxyl groups excluding tert-OH is 1. The summed E-state index contributed by atoms with van der Waals surface area (Å²) in [5.41, 5.74) is 0. The first kappa shape index (κ1) is 11.7. The van der Waals surface area contributed by atoms with Crippen molar-refractivity contribution in [3.05, 3.63) is 0 Å². The molecule has 2 aliphatic carbocycles. The molecule has 2 saturated carbocycles. The molecule has 0 radical (unpaired) electrons. The average Bonchev–Trinajstić information content (AvgIpc) is 3.05. The topological polar surface area (TPSA) is 52.6 Å². The summed E-state index contributed by atoms with van der Waals surface area (Å²) in [7, 11) is 1.87. The lowest BCUT2D eigenvalue weighted by Gasteiger charge is -2.28. The maximum atomic E-state index is 11.8. The number of rotatable bonds is 3. The van der Waals surface area contributed by atoms with E-state index in [0.29, 0.717) is 0 Å². The zero-order chi connectivity index (χ0) is 11.5. The molecule has 4 heteroatoms. The van der Waals surface area contributed by atoms with Gasteiger partial charge in [0.15, 0.2) is 0 Å². The van der Waals surface area contributed by atoms with Gasteiger partial charge in [0.25, 0.3) is 0 Å². The smallest absolute Gasteiger partial charge is 0.317 e. The zero-order valence-corrected chi connectivity index (χ0v) is 9.98. The number of hydrogen-bond acceptors (Lipinski definition) is 2. The summed E-state index contributed by atoms with van der Waals surface area (Å²) in [6.45, 7) is 0.890. The molecule has 0 saturated heterocycles. The lowest BCUT2D eigenvalue weighted by Crippen LogP contribution is -2.45. The molecule has 4 nitrogen and oxygen atoms in total. The minimum absolute atomic E-state index is 0.0493. The molecule has 92 valence electrons. The summed E-state index contributed by atoms with van der Waals surface area (Å²) in [5, 5.41) is 12.4. The molecule has 2 rings (SSSR count). The van der Waals surface area contributed by atoms with Crippen molar-refractivity contribution in [2.24, 2.45) is 5.92 Å². The van der Waals surface area contributed by atoms with Gasteiger partial charge in [0.2, 0.25) is 0 Å². The Hall–Kier alpha value is -0.770. The first-order valence-corrected chi connectivity index (χ1v) is 6.35. The highest BCUT2D eigenvalue weighted by atomic mass is 16.3. The lowest BCUT2D eigenvalue weighted by atomic mass is 9.93. The Morgan fingerprint density at radius 2 is 1.88 bits per heavy atom. The van der Waals surface area contributed by atoms with E-state index in [1.54, 1.807) is 4.90 Å². The molecule has 16 heavy (non-hydrogen) atoms. The molecule has 2 N–H and O–H groups in total. The predicted molar refractivity (Wildman–Crippen MR) is 62.1 cm³/mol. The Kier molecular flexibility index (Phi) is 3.69. The fourth-order valence-electron chi connectivity index (χ4n) is 2.28. The second-order valence-electron chi connectivity index (χ2n) is 5.28. The van der Waals surface area contributed by atoms with Crippen LogP contribution in [0.2, 0.25) is 0 Å². The van der Waals surface area contributed by atoms with Gasteiger partial charge in [-0.2, -0.15) is 0 Å². The SMILES string of the molecule is CN(CC1CC1)C(=O)NC1CCC(O)CC1. The van der Waals surface area contributed by atoms with E-state index in [1.807, 2.05) is 7.05 Å². The highest BCUT2D eigenvalue weighted by molar-refractivity contribution is 5.74. The van der Waals surface area contributed by atoms with Crippen molar-refractivity contribution in [1.29, 1.82) is 0 Å². The molecule has 2 amide bonds. The van der Waals surface area contributed by atoms with E-state index in [9.17, 15) is 9.90 Å². The summed E-state index contributed by atoms with van der Waals surface area (Å²) in [4.78, 5) is 13.6. The van der Waals surface area contributed by atoms with Crippen LogP contribution in [-0.4, -0.2) is 41.8 Å². The molecule has 0 aromatic rings. The fourth-order valence-corrected chi connectivity index (χ4v) is 2.28. The quantitative estimate of drug-likeness (QED) is 0.763. The number of nitrogens with one attached hydrogen (secondary N) is 1. The highest BCUT2D eigenvalue weighted by Gasteiger charge is 2.26. The number of aliphatic hydroxyl groups is 1. The van der Waals surface area contributed by atoms with Crippen LogP contribution in [-0.2, 0) is 0 Å². The maximum Gasteiger partial charge on any atom is 0.317 e. The summed E-state index contributed by atoms with van der Waals surface area (Å²) in [5.74, 6) is 0.740. The zero-order valence-electron chi connectivity index (χ0n) is 9.98. The average molecular weight is 226 g/mol. The van der Waals surface area contributed by atoms with Crippen molar-refractivity contribution < 1.29 is 9.90 Å². The number of nitrogens with zero attached hydrogens (tertiary/aromatic N) is 1. The van der Waals surface area contributed by atoms with Crippen LogP contribution in [0.5, 0.6) is 0 Å². The van der Waals surface area contributed by atoms with Crippen LogP contribution in [0.15, 0.2) is 0 Å². The van der Waals surface area contributed by atoms with Crippen molar-refractivity contribution >= 4 is 6.03 Å². The minimum atomic E-state index is -0.155. The van der Waals surface area contributed by atoms with Gasteiger partial charge in [-0.05, 0) is 44.4 Å². The van der Waals surface area contributed by atoms with Gasteiger partial charge in [-0.1, -0.05) is 0 Å². The van der Waals surface area contributed by atoms with Crippen LogP contribution in [0.25, 0.3) is 0 Å². The molecular formula is C12H22N2O2. The van der Waals surface area contributed by atoms with Crippen LogP contribution in [0.3, 0.4) is 0 Å². The van der Waals surface area contributed by atoms with E-state index in [4.69, 9.17) is 0 Å². The molecule has 0 aromatic carbocycles. The van der Waals surface area contributed by atoms with E-state index in [2.05, 4.69) is 5.32 Å². The number of carbonyl (C=O) groups excluding carboxylic acids is 1. The van der Waals surface area contributed by atoms with Crippen LogP contribution in [0.1, 0.15) is 38.5 Å². The Bertz CT molecular complexity index is 245. The molecule has 0 aromatic heterocycles. The van der Waals surface area contributed by atoms with Gasteiger partial charge < -0.3 is 15.3 Å². The van der Waals surface area contributed by atoms with Crippen LogP contribution >= 0.6 is 0 Å². The fraction of sp³-hybridized carbons (Fsp3) is 0.917. The van der Waals surface area contributed by atoms with E-state index in [-0.39, 0.29) is 18.2 Å². The second kappa shape index (κ2) is 5.04. The summed E-state index contributed by atoms with van der Waals surface area (Å²) >= 11 is 0. The second-order valence-corrected chi connectivity index (χ2v) is 5.28. The Morgan fingerprint density at radius 3 is 2.44 bits per heavy atom. The number of carbonyl (C=O) groups is 1. The molecule has 2 aliphatic rings. The Morgan fingerprint density at radius 1 is 1.25 bits per heavy atom. The van der Waals surface area contributed by atoms with E-state index < -0.39 is 0 Å². The van der Waals surface area contributed by atoms with Crippen molar-refractivity contribution in [2.45, 2.75) is 50.7 Å². The number of hydrogen-bond donors (Lipinski definition) is 2. The summed E-state index contributed by atoms with van der Waals surface area (Å²) in [6.07, 6.45) is 5.83. The van der Waals surface area contributed by atoms with Crippen LogP contribution in [0.4, 0.5) is 4.79 Å². The van der Waals surface area contributed by atoms with Crippen molar-refractivity contribution in [3.8, 4) is 0 Å². The Balaban J connectivity index is 1.69. The lowest BCUT2D eigenvalue weighted by molar-refractivity contribution is 0.115. The third kappa shape index (κ3) is 3.37. The largest absolute Gasteiger partial charge is 0.393 e. The van der Waals surface area contributed by atoms with E-state index >= 15 is 0 Å². The Labute approximate surface area is 97.0 Å². The minimum Gasteiger partial charge on any atom is -0.393 e. The third-order valence-electron chi connectivity index (χ3n) is 3.60.